The first kappa shape index (κ1) is 16.7. The summed E-state index contributed by atoms with van der Waals surface area (Å²) in [5.74, 6) is 0.624. The van der Waals surface area contributed by atoms with Crippen LogP contribution in [0.3, 0.4) is 0 Å². The van der Waals surface area contributed by atoms with Gasteiger partial charge in [0.1, 0.15) is 0 Å². The van der Waals surface area contributed by atoms with Crippen molar-refractivity contribution in [3.05, 3.63) is 35.9 Å². The Labute approximate surface area is 133 Å². The lowest BCUT2D eigenvalue weighted by Crippen LogP contribution is -2.42. The zero-order valence-corrected chi connectivity index (χ0v) is 13.5. The number of carbonyl (C=O) groups excluding carboxylic acids is 2. The first-order valence-electron chi connectivity index (χ1n) is 8.59. The molecule has 22 heavy (non-hydrogen) atoms. The van der Waals surface area contributed by atoms with Gasteiger partial charge in [0, 0.05) is 12.0 Å². The molecule has 1 aliphatic carbocycles. The fourth-order valence-corrected chi connectivity index (χ4v) is 3.28. The summed E-state index contributed by atoms with van der Waals surface area (Å²) < 4.78 is 0. The molecule has 120 valence electrons. The van der Waals surface area contributed by atoms with Crippen molar-refractivity contribution in [3.63, 3.8) is 0 Å². The standard InChI is InChI=1S/C19H27NO2/c1-2-9-18(21)17(14-15-10-5-3-6-11-15)20-19(22)16-12-7-4-8-13-16/h4,7-8,12-13,15,17H,2-3,5-6,9-11,14H2,1H3,(H,20,22)/t17-/m0/s1. The van der Waals surface area contributed by atoms with Gasteiger partial charge in [-0.3, -0.25) is 9.59 Å². The van der Waals surface area contributed by atoms with Gasteiger partial charge >= 0.3 is 0 Å². The average molecular weight is 301 g/mol. The summed E-state index contributed by atoms with van der Waals surface area (Å²) >= 11 is 0. The van der Waals surface area contributed by atoms with E-state index in [4.69, 9.17) is 0 Å². The van der Waals surface area contributed by atoms with Crippen molar-refractivity contribution >= 4 is 11.7 Å². The molecule has 0 aliphatic heterocycles. The third kappa shape index (κ3) is 4.97. The van der Waals surface area contributed by atoms with Crippen LogP contribution in [0.1, 0.15) is 68.6 Å². The second-order valence-electron chi connectivity index (χ2n) is 6.35. The molecule has 0 bridgehead atoms. The smallest absolute Gasteiger partial charge is 0.251 e. The number of benzene rings is 1. The number of ketones is 1. The minimum Gasteiger partial charge on any atom is -0.342 e. The molecule has 1 fully saturated rings. The highest BCUT2D eigenvalue weighted by molar-refractivity contribution is 5.97. The van der Waals surface area contributed by atoms with E-state index in [1.807, 2.05) is 25.1 Å². The lowest BCUT2D eigenvalue weighted by molar-refractivity contribution is -0.121. The molecule has 1 aromatic rings. The quantitative estimate of drug-likeness (QED) is 0.823. The molecule has 0 radical (unpaired) electrons. The van der Waals surface area contributed by atoms with E-state index in [0.717, 1.165) is 12.8 Å². The third-order valence-corrected chi connectivity index (χ3v) is 4.52. The van der Waals surface area contributed by atoms with Gasteiger partial charge in [-0.15, -0.1) is 0 Å². The predicted octanol–water partition coefficient (Wildman–Crippen LogP) is 4.12. The average Bonchev–Trinajstić information content (AvgIpc) is 2.56. The maximum absolute atomic E-state index is 12.4. The first-order chi connectivity index (χ1) is 10.7. The van der Waals surface area contributed by atoms with E-state index in [1.165, 1.54) is 32.1 Å². The Balaban J connectivity index is 2.00. The van der Waals surface area contributed by atoms with Crippen molar-refractivity contribution in [3.8, 4) is 0 Å². The number of nitrogens with one attached hydrogen (secondary N) is 1. The van der Waals surface area contributed by atoms with Gasteiger partial charge in [0.15, 0.2) is 5.78 Å². The minimum atomic E-state index is -0.323. The molecule has 3 nitrogen and oxygen atoms in total. The van der Waals surface area contributed by atoms with Crippen molar-refractivity contribution in [2.75, 3.05) is 0 Å². The Hall–Kier alpha value is -1.64. The van der Waals surface area contributed by atoms with Crippen LogP contribution in [-0.4, -0.2) is 17.7 Å². The number of Topliss-reactive ketones (excluding diaryl/α,β-unsaturated/α-hetero) is 1. The van der Waals surface area contributed by atoms with Crippen molar-refractivity contribution < 1.29 is 9.59 Å². The van der Waals surface area contributed by atoms with E-state index in [1.54, 1.807) is 12.1 Å². The number of hydrogen-bond donors (Lipinski definition) is 1. The van der Waals surface area contributed by atoms with Crippen molar-refractivity contribution in [1.29, 1.82) is 0 Å². The van der Waals surface area contributed by atoms with Gasteiger partial charge in [0.2, 0.25) is 0 Å². The van der Waals surface area contributed by atoms with Crippen LogP contribution in [0.25, 0.3) is 0 Å². The van der Waals surface area contributed by atoms with Gasteiger partial charge < -0.3 is 5.32 Å². The van der Waals surface area contributed by atoms with E-state index < -0.39 is 0 Å². The minimum absolute atomic E-state index is 0.133. The van der Waals surface area contributed by atoms with Gasteiger partial charge in [-0.05, 0) is 30.9 Å². The van der Waals surface area contributed by atoms with Crippen LogP contribution in [0.4, 0.5) is 0 Å². The lowest BCUT2D eigenvalue weighted by atomic mass is 9.83. The van der Waals surface area contributed by atoms with Gasteiger partial charge in [0.05, 0.1) is 6.04 Å². The summed E-state index contributed by atoms with van der Waals surface area (Å²) in [7, 11) is 0. The molecular formula is C19H27NO2. The highest BCUT2D eigenvalue weighted by Crippen LogP contribution is 2.28. The molecule has 1 aromatic carbocycles. The zero-order chi connectivity index (χ0) is 15.8. The third-order valence-electron chi connectivity index (χ3n) is 4.52. The van der Waals surface area contributed by atoms with Gasteiger partial charge in [-0.2, -0.15) is 0 Å². The van der Waals surface area contributed by atoms with Crippen LogP contribution in [-0.2, 0) is 4.79 Å². The molecule has 0 unspecified atom stereocenters. The van der Waals surface area contributed by atoms with E-state index in [9.17, 15) is 9.59 Å². The predicted molar refractivity (Wildman–Crippen MR) is 88.8 cm³/mol. The van der Waals surface area contributed by atoms with Gasteiger partial charge in [0.25, 0.3) is 5.91 Å². The molecule has 1 N–H and O–H groups in total. The van der Waals surface area contributed by atoms with Gasteiger partial charge in [-0.25, -0.2) is 0 Å². The molecule has 0 heterocycles. The largest absolute Gasteiger partial charge is 0.342 e. The summed E-state index contributed by atoms with van der Waals surface area (Å²) in [5, 5.41) is 2.98. The van der Waals surface area contributed by atoms with Crippen LogP contribution in [0.2, 0.25) is 0 Å². The number of hydrogen-bond acceptors (Lipinski definition) is 2. The Bertz CT molecular complexity index is 477. The summed E-state index contributed by atoms with van der Waals surface area (Å²) in [4.78, 5) is 24.7. The molecule has 0 spiro atoms. The molecule has 1 saturated carbocycles. The second-order valence-corrected chi connectivity index (χ2v) is 6.35. The summed E-state index contributed by atoms with van der Waals surface area (Å²) in [6.07, 6.45) is 8.39. The molecular weight excluding hydrogens is 274 g/mol. The Morgan fingerprint density at radius 3 is 2.45 bits per heavy atom. The van der Waals surface area contributed by atoms with Crippen LogP contribution in [0.15, 0.2) is 30.3 Å². The number of amides is 1. The molecule has 1 atom stereocenters. The molecule has 0 aromatic heterocycles. The molecule has 0 saturated heterocycles. The van der Waals surface area contributed by atoms with Crippen LogP contribution in [0.5, 0.6) is 0 Å². The highest BCUT2D eigenvalue weighted by Gasteiger charge is 2.25. The normalized spacial score (nSPS) is 17.0. The van der Waals surface area contributed by atoms with Crippen molar-refractivity contribution in [2.45, 2.75) is 64.3 Å². The first-order valence-corrected chi connectivity index (χ1v) is 8.59. The second kappa shape index (κ2) is 8.72. The fraction of sp³-hybridized carbons (Fsp3) is 0.579. The highest BCUT2D eigenvalue weighted by atomic mass is 16.2. The number of carbonyl (C=O) groups is 2. The summed E-state index contributed by atoms with van der Waals surface area (Å²) in [5.41, 5.74) is 0.625. The van der Waals surface area contributed by atoms with Crippen LogP contribution < -0.4 is 5.32 Å². The Kier molecular flexibility index (Phi) is 6.63. The van der Waals surface area contributed by atoms with Crippen LogP contribution >= 0.6 is 0 Å². The Morgan fingerprint density at radius 2 is 1.82 bits per heavy atom. The molecule has 2 rings (SSSR count). The monoisotopic (exact) mass is 301 g/mol. The van der Waals surface area contributed by atoms with Crippen molar-refractivity contribution in [1.82, 2.24) is 5.32 Å². The summed E-state index contributed by atoms with van der Waals surface area (Å²) in [6, 6.07) is 8.83. The lowest BCUT2D eigenvalue weighted by Gasteiger charge is -2.26. The van der Waals surface area contributed by atoms with E-state index in [-0.39, 0.29) is 17.7 Å². The maximum Gasteiger partial charge on any atom is 0.251 e. The fourth-order valence-electron chi connectivity index (χ4n) is 3.28. The zero-order valence-electron chi connectivity index (χ0n) is 13.5. The van der Waals surface area contributed by atoms with Crippen LogP contribution in [0, 0.1) is 5.92 Å². The Morgan fingerprint density at radius 1 is 1.14 bits per heavy atom. The SMILES string of the molecule is CCCC(=O)[C@H](CC1CCCCC1)NC(=O)c1ccccc1. The summed E-state index contributed by atoms with van der Waals surface area (Å²) in [6.45, 7) is 2.01. The molecule has 1 amide bonds. The van der Waals surface area contributed by atoms with E-state index >= 15 is 0 Å². The van der Waals surface area contributed by atoms with E-state index in [2.05, 4.69) is 5.32 Å². The molecule has 1 aliphatic rings. The van der Waals surface area contributed by atoms with Gasteiger partial charge in [-0.1, -0.05) is 57.2 Å². The molecule has 3 heteroatoms. The van der Waals surface area contributed by atoms with Crippen molar-refractivity contribution in [2.24, 2.45) is 5.92 Å². The van der Waals surface area contributed by atoms with E-state index in [0.29, 0.717) is 17.9 Å². The number of rotatable bonds is 7. The maximum atomic E-state index is 12.4. The topological polar surface area (TPSA) is 46.2 Å².